The highest BCUT2D eigenvalue weighted by Crippen LogP contribution is 2.37. The van der Waals surface area contributed by atoms with Crippen LogP contribution < -0.4 is 5.73 Å². The van der Waals surface area contributed by atoms with Crippen molar-refractivity contribution in [2.75, 3.05) is 34.2 Å². The number of nitrogens with zero attached hydrogens (tertiary/aromatic N) is 2. The van der Waals surface area contributed by atoms with Crippen LogP contribution in [0.2, 0.25) is 0 Å². The van der Waals surface area contributed by atoms with Crippen LogP contribution in [0.3, 0.4) is 0 Å². The predicted octanol–water partition coefficient (Wildman–Crippen LogP) is 1.67. The molecule has 116 valence electrons. The highest BCUT2D eigenvalue weighted by Gasteiger charge is 2.41. The van der Waals surface area contributed by atoms with Gasteiger partial charge in [0.1, 0.15) is 0 Å². The number of hydrogen-bond donors (Lipinski definition) is 1. The Morgan fingerprint density at radius 2 is 1.86 bits per heavy atom. The van der Waals surface area contributed by atoms with Crippen LogP contribution >= 0.6 is 0 Å². The smallest absolute Gasteiger partial charge is 0.231 e. The second-order valence-corrected chi connectivity index (χ2v) is 6.37. The van der Waals surface area contributed by atoms with Gasteiger partial charge in [-0.3, -0.25) is 4.79 Å². The Balaban J connectivity index is 2.07. The average molecular weight is 289 g/mol. The van der Waals surface area contributed by atoms with Gasteiger partial charge in [-0.2, -0.15) is 0 Å². The Hall–Kier alpha value is -1.39. The molecule has 0 saturated heterocycles. The van der Waals surface area contributed by atoms with Gasteiger partial charge < -0.3 is 15.5 Å². The third-order valence-corrected chi connectivity index (χ3v) is 4.88. The first-order chi connectivity index (χ1) is 10.00. The maximum atomic E-state index is 12.7. The van der Waals surface area contributed by atoms with Crippen LogP contribution in [0.1, 0.15) is 30.7 Å². The summed E-state index contributed by atoms with van der Waals surface area (Å²) in [5.41, 5.74) is 7.01. The number of amides is 1. The van der Waals surface area contributed by atoms with Gasteiger partial charge in [0.05, 0.1) is 5.92 Å². The first-order valence-corrected chi connectivity index (χ1v) is 7.67. The Morgan fingerprint density at radius 3 is 2.29 bits per heavy atom. The molecule has 0 aromatic heterocycles. The molecule has 1 amide bonds. The van der Waals surface area contributed by atoms with Crippen molar-refractivity contribution in [2.45, 2.75) is 30.7 Å². The summed E-state index contributed by atoms with van der Waals surface area (Å²) >= 11 is 0. The van der Waals surface area contributed by atoms with Crippen molar-refractivity contribution in [2.24, 2.45) is 5.73 Å². The molecule has 1 saturated carbocycles. The van der Waals surface area contributed by atoms with Gasteiger partial charge in [0, 0.05) is 25.7 Å². The van der Waals surface area contributed by atoms with Crippen molar-refractivity contribution in [1.82, 2.24) is 9.80 Å². The van der Waals surface area contributed by atoms with Gasteiger partial charge in [0.25, 0.3) is 0 Å². The van der Waals surface area contributed by atoms with Crippen LogP contribution in [0.5, 0.6) is 0 Å². The molecule has 1 fully saturated rings. The van der Waals surface area contributed by atoms with E-state index in [0.29, 0.717) is 6.54 Å². The highest BCUT2D eigenvalue weighted by molar-refractivity contribution is 5.84. The first kappa shape index (κ1) is 16.0. The van der Waals surface area contributed by atoms with Gasteiger partial charge in [-0.05, 0) is 38.9 Å². The molecule has 2 N–H and O–H groups in total. The zero-order chi connectivity index (χ0) is 15.5. The van der Waals surface area contributed by atoms with Crippen molar-refractivity contribution >= 4 is 5.91 Å². The third-order valence-electron chi connectivity index (χ3n) is 4.88. The Bertz CT molecular complexity index is 468. The van der Waals surface area contributed by atoms with Crippen molar-refractivity contribution in [3.8, 4) is 0 Å². The van der Waals surface area contributed by atoms with Crippen LogP contribution in [0.15, 0.2) is 30.3 Å². The zero-order valence-corrected chi connectivity index (χ0v) is 13.4. The predicted molar refractivity (Wildman–Crippen MR) is 86.1 cm³/mol. The minimum absolute atomic E-state index is 0.122. The molecule has 4 nitrogen and oxygen atoms in total. The molecule has 1 aromatic rings. The molecular weight excluding hydrogens is 262 g/mol. The van der Waals surface area contributed by atoms with Crippen LogP contribution in [-0.4, -0.2) is 55.5 Å². The maximum Gasteiger partial charge on any atom is 0.231 e. The fourth-order valence-electron chi connectivity index (χ4n) is 3.18. The van der Waals surface area contributed by atoms with Crippen LogP contribution in [-0.2, 0) is 4.79 Å². The summed E-state index contributed by atoms with van der Waals surface area (Å²) in [7, 11) is 6.11. The van der Waals surface area contributed by atoms with E-state index in [-0.39, 0.29) is 17.4 Å². The van der Waals surface area contributed by atoms with Crippen molar-refractivity contribution in [3.05, 3.63) is 35.9 Å². The Morgan fingerprint density at radius 1 is 1.24 bits per heavy atom. The van der Waals surface area contributed by atoms with Crippen molar-refractivity contribution < 1.29 is 4.79 Å². The molecule has 1 aliphatic carbocycles. The lowest BCUT2D eigenvalue weighted by molar-refractivity contribution is -0.134. The maximum absolute atomic E-state index is 12.7. The minimum atomic E-state index is -0.240. The fourth-order valence-corrected chi connectivity index (χ4v) is 3.18. The highest BCUT2D eigenvalue weighted by atomic mass is 16.2. The normalized spacial score (nSPS) is 18.1. The number of likely N-dealkylation sites (N-methyl/N-ethyl adjacent to an activating group) is 2. The topological polar surface area (TPSA) is 49.6 Å². The molecule has 1 unspecified atom stereocenters. The van der Waals surface area contributed by atoms with Gasteiger partial charge >= 0.3 is 0 Å². The van der Waals surface area contributed by atoms with E-state index in [0.717, 1.165) is 24.9 Å². The largest absolute Gasteiger partial charge is 0.343 e. The van der Waals surface area contributed by atoms with Gasteiger partial charge in [-0.25, -0.2) is 0 Å². The molecule has 0 aliphatic heterocycles. The number of rotatable bonds is 6. The lowest BCUT2D eigenvalue weighted by atomic mass is 9.75. The molecule has 1 atom stereocenters. The van der Waals surface area contributed by atoms with E-state index in [1.807, 2.05) is 42.3 Å². The summed E-state index contributed by atoms with van der Waals surface area (Å²) in [5.74, 6) is -0.118. The Labute approximate surface area is 127 Å². The van der Waals surface area contributed by atoms with Crippen molar-refractivity contribution in [3.63, 3.8) is 0 Å². The molecular formula is C17H27N3O. The van der Waals surface area contributed by atoms with E-state index in [2.05, 4.69) is 19.0 Å². The lowest BCUT2D eigenvalue weighted by Gasteiger charge is -2.49. The van der Waals surface area contributed by atoms with E-state index in [1.165, 1.54) is 6.42 Å². The summed E-state index contributed by atoms with van der Waals surface area (Å²) in [4.78, 5) is 16.9. The van der Waals surface area contributed by atoms with Gasteiger partial charge in [-0.1, -0.05) is 30.3 Å². The first-order valence-electron chi connectivity index (χ1n) is 7.67. The van der Waals surface area contributed by atoms with Crippen LogP contribution in [0.4, 0.5) is 0 Å². The van der Waals surface area contributed by atoms with Gasteiger partial charge in [0.15, 0.2) is 0 Å². The zero-order valence-electron chi connectivity index (χ0n) is 13.4. The van der Waals surface area contributed by atoms with E-state index in [1.54, 1.807) is 0 Å². The number of benzene rings is 1. The molecule has 21 heavy (non-hydrogen) atoms. The summed E-state index contributed by atoms with van der Waals surface area (Å²) in [6.07, 6.45) is 3.58. The minimum Gasteiger partial charge on any atom is -0.343 e. The number of carbonyl (C=O) groups excluding carboxylic acids is 1. The third kappa shape index (κ3) is 3.27. The summed E-state index contributed by atoms with van der Waals surface area (Å²) in [6.45, 7) is 1.13. The van der Waals surface area contributed by atoms with E-state index >= 15 is 0 Å². The molecule has 4 heteroatoms. The molecule has 0 bridgehead atoms. The lowest BCUT2D eigenvalue weighted by Crippen LogP contribution is -2.58. The van der Waals surface area contributed by atoms with Crippen molar-refractivity contribution in [1.29, 1.82) is 0 Å². The molecule has 0 heterocycles. The van der Waals surface area contributed by atoms with Crippen LogP contribution in [0.25, 0.3) is 0 Å². The average Bonchev–Trinajstić information content (AvgIpc) is 2.44. The SMILES string of the molecule is CN(CC1(N(C)C)CCC1)C(=O)C(CN)c1ccccc1. The number of hydrogen-bond acceptors (Lipinski definition) is 3. The quantitative estimate of drug-likeness (QED) is 0.866. The van der Waals surface area contributed by atoms with Crippen LogP contribution in [0, 0.1) is 0 Å². The number of carbonyl (C=O) groups is 1. The monoisotopic (exact) mass is 289 g/mol. The molecule has 0 radical (unpaired) electrons. The number of nitrogens with two attached hydrogens (primary N) is 1. The Kier molecular flexibility index (Phi) is 5.01. The standard InChI is InChI=1S/C17H27N3O/c1-19(2)17(10-7-11-17)13-20(3)16(21)15(12-18)14-8-5-4-6-9-14/h4-6,8-9,15H,7,10-13,18H2,1-3H3. The van der Waals surface area contributed by atoms with Gasteiger partial charge in [-0.15, -0.1) is 0 Å². The molecule has 1 aromatic carbocycles. The molecule has 2 rings (SSSR count). The summed E-state index contributed by atoms with van der Waals surface area (Å²) in [6, 6.07) is 9.83. The second kappa shape index (κ2) is 6.58. The van der Waals surface area contributed by atoms with E-state index < -0.39 is 0 Å². The summed E-state index contributed by atoms with van der Waals surface area (Å²) in [5, 5.41) is 0. The fraction of sp³-hybridized carbons (Fsp3) is 0.588. The molecule has 1 aliphatic rings. The van der Waals surface area contributed by atoms with Gasteiger partial charge in [0.2, 0.25) is 5.91 Å². The summed E-state index contributed by atoms with van der Waals surface area (Å²) < 4.78 is 0. The van der Waals surface area contributed by atoms with E-state index in [9.17, 15) is 4.79 Å². The second-order valence-electron chi connectivity index (χ2n) is 6.37. The van der Waals surface area contributed by atoms with E-state index in [4.69, 9.17) is 5.73 Å². The molecule has 0 spiro atoms.